The monoisotopic (exact) mass is 392 g/mol. The molecular weight excluding hydrogens is 368 g/mol. The van der Waals surface area contributed by atoms with Gasteiger partial charge in [-0.2, -0.15) is 9.78 Å². The number of aliphatic hydroxyl groups is 1. The molecule has 1 aliphatic rings. The van der Waals surface area contributed by atoms with Gasteiger partial charge in [0.05, 0.1) is 16.3 Å². The van der Waals surface area contributed by atoms with Gasteiger partial charge in [0.25, 0.3) is 5.91 Å². The minimum absolute atomic E-state index is 0.0551. The van der Waals surface area contributed by atoms with Gasteiger partial charge in [-0.05, 0) is 31.0 Å². The van der Waals surface area contributed by atoms with Gasteiger partial charge in [0.15, 0.2) is 0 Å². The number of carbonyl (C=O) groups excluding carboxylic acids is 1. The van der Waals surface area contributed by atoms with Crippen molar-refractivity contribution in [3.63, 3.8) is 0 Å². The van der Waals surface area contributed by atoms with Crippen molar-refractivity contribution in [2.45, 2.75) is 58.1 Å². The summed E-state index contributed by atoms with van der Waals surface area (Å²) in [7, 11) is 0. The molecule has 1 fully saturated rings. The number of carbonyl (C=O) groups is 1. The van der Waals surface area contributed by atoms with Crippen LogP contribution >= 0.6 is 11.6 Å². The molecule has 1 saturated carbocycles. The number of aromatic nitrogens is 3. The number of amides is 1. The standard InChI is InChI=1S/C19H25ClN4O3/c1-2-16-21-19(27)24(23-16)13-9-10-15(20)14(11-13)18(26)22-17(25)12-7-5-3-4-6-8-12/h9-12,17,25H,2-8H2,1H3,(H,22,26)(H,21,23,27). The molecule has 0 bridgehead atoms. The van der Waals surface area contributed by atoms with E-state index in [2.05, 4.69) is 15.4 Å². The van der Waals surface area contributed by atoms with Gasteiger partial charge < -0.3 is 10.4 Å². The van der Waals surface area contributed by atoms with E-state index in [0.29, 0.717) is 17.9 Å². The van der Waals surface area contributed by atoms with Crippen molar-refractivity contribution in [2.24, 2.45) is 5.92 Å². The van der Waals surface area contributed by atoms with Gasteiger partial charge in [0, 0.05) is 12.3 Å². The van der Waals surface area contributed by atoms with Crippen LogP contribution in [0.5, 0.6) is 0 Å². The molecule has 0 radical (unpaired) electrons. The van der Waals surface area contributed by atoms with Crippen molar-refractivity contribution in [3.8, 4) is 5.69 Å². The molecule has 1 amide bonds. The first-order valence-corrected chi connectivity index (χ1v) is 9.84. The Labute approximate surface area is 162 Å². The number of hydrogen-bond acceptors (Lipinski definition) is 4. The number of halogens is 1. The summed E-state index contributed by atoms with van der Waals surface area (Å²) in [5, 5.41) is 17.6. The summed E-state index contributed by atoms with van der Waals surface area (Å²) < 4.78 is 1.20. The normalized spacial score (nSPS) is 16.7. The number of hydrogen-bond donors (Lipinski definition) is 3. The largest absolute Gasteiger partial charge is 0.373 e. The fourth-order valence-electron chi connectivity index (χ4n) is 3.48. The van der Waals surface area contributed by atoms with Crippen LogP contribution in [-0.2, 0) is 6.42 Å². The lowest BCUT2D eigenvalue weighted by Gasteiger charge is -2.22. The molecule has 3 rings (SSSR count). The molecule has 8 heteroatoms. The van der Waals surface area contributed by atoms with Crippen LogP contribution in [0.3, 0.4) is 0 Å². The number of nitrogens with zero attached hydrogens (tertiary/aromatic N) is 2. The Balaban J connectivity index is 1.79. The van der Waals surface area contributed by atoms with E-state index < -0.39 is 12.1 Å². The number of aromatic amines is 1. The summed E-state index contributed by atoms with van der Waals surface area (Å²) in [5.41, 5.74) is 0.267. The van der Waals surface area contributed by atoms with Crippen LogP contribution in [0.25, 0.3) is 5.69 Å². The zero-order chi connectivity index (χ0) is 19.4. The second-order valence-corrected chi connectivity index (χ2v) is 7.38. The third-order valence-corrected chi connectivity index (χ3v) is 5.39. The summed E-state index contributed by atoms with van der Waals surface area (Å²) in [6.45, 7) is 1.89. The molecule has 0 aliphatic heterocycles. The van der Waals surface area contributed by atoms with Crippen LogP contribution in [0.4, 0.5) is 0 Å². The number of aryl methyl sites for hydroxylation is 1. The molecule has 7 nitrogen and oxygen atoms in total. The molecule has 0 saturated heterocycles. The van der Waals surface area contributed by atoms with Gasteiger partial charge in [-0.15, -0.1) is 0 Å². The molecule has 2 aromatic rings. The quantitative estimate of drug-likeness (QED) is 0.538. The summed E-state index contributed by atoms with van der Waals surface area (Å²) >= 11 is 6.19. The highest BCUT2D eigenvalue weighted by atomic mass is 35.5. The predicted octanol–water partition coefficient (Wildman–Crippen LogP) is 2.80. The highest BCUT2D eigenvalue weighted by molar-refractivity contribution is 6.33. The zero-order valence-corrected chi connectivity index (χ0v) is 16.1. The first-order valence-electron chi connectivity index (χ1n) is 9.46. The number of nitrogens with one attached hydrogen (secondary N) is 2. The van der Waals surface area contributed by atoms with E-state index in [1.165, 1.54) is 23.6 Å². The van der Waals surface area contributed by atoms with Crippen molar-refractivity contribution in [3.05, 3.63) is 45.1 Å². The first kappa shape index (κ1) is 19.6. The summed E-state index contributed by atoms with van der Waals surface area (Å²) in [4.78, 5) is 27.4. The Hall–Kier alpha value is -2.12. The Bertz CT molecular complexity index is 853. The Morgan fingerprint density at radius 1 is 1.37 bits per heavy atom. The van der Waals surface area contributed by atoms with Crippen LogP contribution in [0.15, 0.2) is 23.0 Å². The Kier molecular flexibility index (Phi) is 6.34. The molecule has 1 heterocycles. The second-order valence-electron chi connectivity index (χ2n) is 6.98. The van der Waals surface area contributed by atoms with Crippen molar-refractivity contribution in [1.82, 2.24) is 20.1 Å². The summed E-state index contributed by atoms with van der Waals surface area (Å²) in [6.07, 6.45) is 5.96. The molecule has 3 N–H and O–H groups in total. The molecule has 27 heavy (non-hydrogen) atoms. The average Bonchev–Trinajstić information content (AvgIpc) is 2.85. The van der Waals surface area contributed by atoms with Crippen molar-refractivity contribution in [2.75, 3.05) is 0 Å². The third-order valence-electron chi connectivity index (χ3n) is 5.06. The number of rotatable bonds is 5. The summed E-state index contributed by atoms with van der Waals surface area (Å²) in [6, 6.07) is 4.69. The molecule has 146 valence electrons. The van der Waals surface area contributed by atoms with Gasteiger partial charge in [0.1, 0.15) is 12.1 Å². The van der Waals surface area contributed by atoms with Crippen molar-refractivity contribution in [1.29, 1.82) is 0 Å². The van der Waals surface area contributed by atoms with Crippen LogP contribution < -0.4 is 11.0 Å². The van der Waals surface area contributed by atoms with E-state index in [1.807, 2.05) is 6.92 Å². The zero-order valence-electron chi connectivity index (χ0n) is 15.4. The minimum Gasteiger partial charge on any atom is -0.373 e. The van der Waals surface area contributed by atoms with E-state index in [1.54, 1.807) is 12.1 Å². The Morgan fingerprint density at radius 3 is 2.70 bits per heavy atom. The lowest BCUT2D eigenvalue weighted by atomic mass is 9.98. The SMILES string of the molecule is CCc1nn(-c2ccc(Cl)c(C(=O)NC(O)C3CCCCCC3)c2)c(=O)[nH]1. The maximum Gasteiger partial charge on any atom is 0.348 e. The van der Waals surface area contributed by atoms with Gasteiger partial charge in [-0.1, -0.05) is 44.2 Å². The molecule has 1 aromatic carbocycles. The molecule has 1 aliphatic carbocycles. The predicted molar refractivity (Wildman–Crippen MR) is 103 cm³/mol. The van der Waals surface area contributed by atoms with E-state index in [0.717, 1.165) is 25.7 Å². The number of aliphatic hydroxyl groups excluding tert-OH is 1. The third kappa shape index (κ3) is 4.59. The lowest BCUT2D eigenvalue weighted by Crippen LogP contribution is -2.40. The lowest BCUT2D eigenvalue weighted by molar-refractivity contribution is 0.0532. The molecule has 0 spiro atoms. The van der Waals surface area contributed by atoms with Crippen LogP contribution in [0, 0.1) is 5.92 Å². The van der Waals surface area contributed by atoms with E-state index in [-0.39, 0.29) is 22.2 Å². The van der Waals surface area contributed by atoms with Gasteiger partial charge in [-0.25, -0.2) is 4.79 Å². The molecular formula is C19H25ClN4O3. The van der Waals surface area contributed by atoms with E-state index >= 15 is 0 Å². The topological polar surface area (TPSA) is 100 Å². The highest BCUT2D eigenvalue weighted by Gasteiger charge is 2.24. The maximum absolute atomic E-state index is 12.7. The molecule has 1 unspecified atom stereocenters. The van der Waals surface area contributed by atoms with Crippen molar-refractivity contribution >= 4 is 17.5 Å². The van der Waals surface area contributed by atoms with Crippen molar-refractivity contribution < 1.29 is 9.90 Å². The fourth-order valence-corrected chi connectivity index (χ4v) is 3.68. The van der Waals surface area contributed by atoms with Gasteiger partial charge in [-0.3, -0.25) is 9.78 Å². The van der Waals surface area contributed by atoms with E-state index in [4.69, 9.17) is 11.6 Å². The minimum atomic E-state index is -0.907. The van der Waals surface area contributed by atoms with Gasteiger partial charge >= 0.3 is 5.69 Å². The highest BCUT2D eigenvalue weighted by Crippen LogP contribution is 2.25. The Morgan fingerprint density at radius 2 is 2.07 bits per heavy atom. The van der Waals surface area contributed by atoms with Gasteiger partial charge in [0.2, 0.25) is 0 Å². The van der Waals surface area contributed by atoms with Crippen LogP contribution in [0.2, 0.25) is 5.02 Å². The molecule has 1 atom stereocenters. The van der Waals surface area contributed by atoms with Crippen LogP contribution in [0.1, 0.15) is 61.6 Å². The fraction of sp³-hybridized carbons (Fsp3) is 0.526. The maximum atomic E-state index is 12.7. The summed E-state index contributed by atoms with van der Waals surface area (Å²) in [5.74, 6) is 0.155. The van der Waals surface area contributed by atoms with E-state index in [9.17, 15) is 14.7 Å². The number of benzene rings is 1. The smallest absolute Gasteiger partial charge is 0.348 e. The molecule has 1 aromatic heterocycles. The number of H-pyrrole nitrogens is 1. The second kappa shape index (κ2) is 8.71. The average molecular weight is 393 g/mol. The van der Waals surface area contributed by atoms with Crippen LogP contribution in [-0.4, -0.2) is 32.0 Å². The first-order chi connectivity index (χ1) is 13.0.